The van der Waals surface area contributed by atoms with Gasteiger partial charge >= 0.3 is 0 Å². The fraction of sp³-hybridized carbons (Fsp3) is 0.333. The largest absolute Gasteiger partial charge is 0.443 e. The number of likely N-dealkylation sites (N-methyl/N-ethyl adjacent to an activating group) is 2. The van der Waals surface area contributed by atoms with Crippen molar-refractivity contribution in [3.05, 3.63) is 41.9 Å². The number of rotatable bonds is 5. The van der Waals surface area contributed by atoms with Crippen molar-refractivity contribution in [3.8, 4) is 11.3 Å². The first-order chi connectivity index (χ1) is 9.63. The second-order valence-electron chi connectivity index (χ2n) is 4.73. The predicted molar refractivity (Wildman–Crippen MR) is 92.1 cm³/mol. The van der Waals surface area contributed by atoms with Gasteiger partial charge in [-0.2, -0.15) is 0 Å². The molecule has 1 aromatic heterocycles. The molecular formula is C15H21Cl2N3O2. The van der Waals surface area contributed by atoms with Gasteiger partial charge in [0.25, 0.3) is 5.91 Å². The van der Waals surface area contributed by atoms with Gasteiger partial charge in [-0.05, 0) is 14.0 Å². The van der Waals surface area contributed by atoms with E-state index in [1.807, 2.05) is 38.2 Å². The number of aryl methyl sites for hydroxylation is 1. The number of oxazole rings is 1. The summed E-state index contributed by atoms with van der Waals surface area (Å²) >= 11 is 0. The molecule has 0 bridgehead atoms. The van der Waals surface area contributed by atoms with Crippen molar-refractivity contribution in [2.75, 3.05) is 27.2 Å². The summed E-state index contributed by atoms with van der Waals surface area (Å²) in [4.78, 5) is 18.0. The van der Waals surface area contributed by atoms with Gasteiger partial charge in [0.1, 0.15) is 0 Å². The van der Waals surface area contributed by atoms with Gasteiger partial charge in [-0.25, -0.2) is 4.98 Å². The van der Waals surface area contributed by atoms with Gasteiger partial charge in [0.15, 0.2) is 17.8 Å². The highest BCUT2D eigenvalue weighted by molar-refractivity contribution is 5.97. The van der Waals surface area contributed by atoms with E-state index in [2.05, 4.69) is 10.3 Å². The third-order valence-electron chi connectivity index (χ3n) is 3.13. The summed E-state index contributed by atoms with van der Waals surface area (Å²) in [5.74, 6) is 0.385. The first-order valence-electron chi connectivity index (χ1n) is 6.54. The van der Waals surface area contributed by atoms with Crippen LogP contribution < -0.4 is 5.32 Å². The monoisotopic (exact) mass is 345 g/mol. The van der Waals surface area contributed by atoms with Gasteiger partial charge in [0.2, 0.25) is 0 Å². The van der Waals surface area contributed by atoms with E-state index in [1.165, 1.54) is 6.39 Å². The summed E-state index contributed by atoms with van der Waals surface area (Å²) in [7, 11) is 3.61. The zero-order valence-corrected chi connectivity index (χ0v) is 14.5. The van der Waals surface area contributed by atoms with Gasteiger partial charge in [-0.3, -0.25) is 4.79 Å². The van der Waals surface area contributed by atoms with Crippen molar-refractivity contribution in [1.82, 2.24) is 15.2 Å². The average Bonchev–Trinajstić information content (AvgIpc) is 2.94. The van der Waals surface area contributed by atoms with Crippen LogP contribution in [0.25, 0.3) is 11.3 Å². The lowest BCUT2D eigenvalue weighted by atomic mass is 10.1. The molecule has 1 N–H and O–H groups in total. The molecule has 0 aliphatic carbocycles. The topological polar surface area (TPSA) is 58.4 Å². The van der Waals surface area contributed by atoms with Gasteiger partial charge in [0.05, 0.1) is 0 Å². The third-order valence-corrected chi connectivity index (χ3v) is 3.13. The maximum absolute atomic E-state index is 12.3. The quantitative estimate of drug-likeness (QED) is 0.905. The predicted octanol–water partition coefficient (Wildman–Crippen LogP) is 2.79. The Morgan fingerprint density at radius 1 is 1.27 bits per heavy atom. The second kappa shape index (κ2) is 9.46. The number of amides is 1. The third kappa shape index (κ3) is 4.73. The second-order valence-corrected chi connectivity index (χ2v) is 4.73. The maximum atomic E-state index is 12.3. The highest BCUT2D eigenvalue weighted by Crippen LogP contribution is 2.24. The van der Waals surface area contributed by atoms with Crippen molar-refractivity contribution < 1.29 is 9.21 Å². The van der Waals surface area contributed by atoms with Crippen molar-refractivity contribution in [1.29, 1.82) is 0 Å². The van der Waals surface area contributed by atoms with Crippen LogP contribution in [0.5, 0.6) is 0 Å². The molecule has 0 saturated heterocycles. The van der Waals surface area contributed by atoms with E-state index in [9.17, 15) is 4.79 Å². The Morgan fingerprint density at radius 3 is 2.50 bits per heavy atom. The number of hydrogen-bond acceptors (Lipinski definition) is 4. The number of carbonyl (C=O) groups excluding carboxylic acids is 1. The Kier molecular flexibility index (Phi) is 8.79. The minimum absolute atomic E-state index is 0. The molecule has 0 unspecified atom stereocenters. The minimum atomic E-state index is -0.135. The number of carbonyl (C=O) groups is 1. The molecule has 0 aliphatic rings. The van der Waals surface area contributed by atoms with Crippen LogP contribution in [0.2, 0.25) is 0 Å². The smallest absolute Gasteiger partial charge is 0.276 e. The Balaban J connectivity index is 0.00000220. The molecule has 1 amide bonds. The van der Waals surface area contributed by atoms with Gasteiger partial charge in [-0.15, -0.1) is 24.8 Å². The zero-order valence-electron chi connectivity index (χ0n) is 12.8. The van der Waals surface area contributed by atoms with Crippen LogP contribution in [0, 0.1) is 6.92 Å². The number of hydrogen-bond donors (Lipinski definition) is 1. The average molecular weight is 346 g/mol. The fourth-order valence-corrected chi connectivity index (χ4v) is 1.87. The van der Waals surface area contributed by atoms with Crippen LogP contribution in [0.4, 0.5) is 0 Å². The van der Waals surface area contributed by atoms with E-state index in [0.717, 1.165) is 17.7 Å². The molecule has 1 heterocycles. The molecule has 0 saturated carbocycles. The van der Waals surface area contributed by atoms with Crippen LogP contribution in [0.3, 0.4) is 0 Å². The van der Waals surface area contributed by atoms with E-state index in [4.69, 9.17) is 4.42 Å². The first-order valence-corrected chi connectivity index (χ1v) is 6.54. The molecular weight excluding hydrogens is 325 g/mol. The summed E-state index contributed by atoms with van der Waals surface area (Å²) < 4.78 is 5.39. The Hall–Kier alpha value is -1.56. The van der Waals surface area contributed by atoms with Crippen LogP contribution in [-0.4, -0.2) is 43.0 Å². The summed E-state index contributed by atoms with van der Waals surface area (Å²) in [6.07, 6.45) is 1.31. The molecule has 1 aromatic carbocycles. The Morgan fingerprint density at radius 2 is 1.91 bits per heavy atom. The van der Waals surface area contributed by atoms with E-state index >= 15 is 0 Å². The van der Waals surface area contributed by atoms with Crippen LogP contribution >= 0.6 is 24.8 Å². The van der Waals surface area contributed by atoms with Crippen molar-refractivity contribution in [3.63, 3.8) is 0 Å². The van der Waals surface area contributed by atoms with E-state index in [-0.39, 0.29) is 30.7 Å². The Labute approximate surface area is 142 Å². The van der Waals surface area contributed by atoms with E-state index in [0.29, 0.717) is 18.0 Å². The number of aromatic nitrogens is 1. The SMILES string of the molecule is CNCCN(C)C(=O)c1ncoc1-c1ccc(C)cc1.Cl.Cl. The molecule has 7 heteroatoms. The number of halogens is 2. The maximum Gasteiger partial charge on any atom is 0.276 e. The number of nitrogens with one attached hydrogen (secondary N) is 1. The molecule has 22 heavy (non-hydrogen) atoms. The van der Waals surface area contributed by atoms with Crippen molar-refractivity contribution in [2.45, 2.75) is 6.92 Å². The van der Waals surface area contributed by atoms with Crippen LogP contribution in [0.15, 0.2) is 35.1 Å². The summed E-state index contributed by atoms with van der Waals surface area (Å²) in [6.45, 7) is 3.37. The molecule has 2 aromatic rings. The lowest BCUT2D eigenvalue weighted by Gasteiger charge is -2.15. The molecule has 0 atom stereocenters. The lowest BCUT2D eigenvalue weighted by Crippen LogP contribution is -2.33. The van der Waals surface area contributed by atoms with Crippen LogP contribution in [0.1, 0.15) is 16.1 Å². The lowest BCUT2D eigenvalue weighted by molar-refractivity contribution is 0.0792. The number of benzene rings is 1. The summed E-state index contributed by atoms with van der Waals surface area (Å²) in [5, 5.41) is 3.01. The Bertz CT molecular complexity index is 585. The first kappa shape index (κ1) is 20.4. The molecule has 0 spiro atoms. The molecule has 0 fully saturated rings. The summed E-state index contributed by atoms with van der Waals surface area (Å²) in [5.41, 5.74) is 2.37. The molecule has 5 nitrogen and oxygen atoms in total. The van der Waals surface area contributed by atoms with Gasteiger partial charge in [-0.1, -0.05) is 29.8 Å². The standard InChI is InChI=1S/C15H19N3O2.2ClH/c1-11-4-6-12(7-5-11)14-13(17-10-20-14)15(19)18(3)9-8-16-2;;/h4-7,10,16H,8-9H2,1-3H3;2*1H. The minimum Gasteiger partial charge on any atom is -0.443 e. The van der Waals surface area contributed by atoms with Gasteiger partial charge < -0.3 is 14.6 Å². The van der Waals surface area contributed by atoms with Crippen LogP contribution in [-0.2, 0) is 0 Å². The van der Waals surface area contributed by atoms with Gasteiger partial charge in [0, 0.05) is 25.7 Å². The number of nitrogens with zero attached hydrogens (tertiary/aromatic N) is 2. The highest BCUT2D eigenvalue weighted by atomic mass is 35.5. The molecule has 2 rings (SSSR count). The van der Waals surface area contributed by atoms with Crippen molar-refractivity contribution in [2.24, 2.45) is 0 Å². The van der Waals surface area contributed by atoms with E-state index < -0.39 is 0 Å². The molecule has 122 valence electrons. The zero-order chi connectivity index (χ0) is 14.5. The van der Waals surface area contributed by atoms with Crippen molar-refractivity contribution >= 4 is 30.7 Å². The molecule has 0 aliphatic heterocycles. The fourth-order valence-electron chi connectivity index (χ4n) is 1.87. The molecule has 0 radical (unpaired) electrons. The summed E-state index contributed by atoms with van der Waals surface area (Å²) in [6, 6.07) is 7.83. The normalized spacial score (nSPS) is 9.59. The van der Waals surface area contributed by atoms with E-state index in [1.54, 1.807) is 11.9 Å². The highest BCUT2D eigenvalue weighted by Gasteiger charge is 2.21.